The molecule has 6 heteroatoms. The fraction of sp³-hybridized carbons (Fsp3) is 0.364. The number of carbonyl (C=O) groups is 1. The molecule has 1 saturated carbocycles. The van der Waals surface area contributed by atoms with Crippen molar-refractivity contribution in [3.8, 4) is 0 Å². The maximum absolute atomic E-state index is 11.9. The third-order valence-corrected chi connectivity index (χ3v) is 2.74. The molecule has 2 rings (SSSR count). The molecular weight excluding hydrogens is 220 g/mol. The van der Waals surface area contributed by atoms with E-state index in [-0.39, 0.29) is 17.7 Å². The lowest BCUT2D eigenvalue weighted by molar-refractivity contribution is 0.0942. The zero-order chi connectivity index (χ0) is 12.3. The van der Waals surface area contributed by atoms with Crippen LogP contribution in [0.15, 0.2) is 29.7 Å². The fourth-order valence-electron chi connectivity index (χ4n) is 1.65. The third kappa shape index (κ3) is 2.72. The minimum Gasteiger partial charge on any atom is -0.409 e. The van der Waals surface area contributed by atoms with Gasteiger partial charge in [-0.1, -0.05) is 5.16 Å². The van der Waals surface area contributed by atoms with Crippen LogP contribution in [0.25, 0.3) is 0 Å². The molecule has 17 heavy (non-hydrogen) atoms. The maximum atomic E-state index is 11.9. The van der Waals surface area contributed by atoms with E-state index in [1.807, 2.05) is 0 Å². The molecule has 6 nitrogen and oxygen atoms in total. The summed E-state index contributed by atoms with van der Waals surface area (Å²) in [5.74, 6) is 0.0536. The predicted molar refractivity (Wildman–Crippen MR) is 61.6 cm³/mol. The van der Waals surface area contributed by atoms with Crippen molar-refractivity contribution in [1.82, 2.24) is 10.3 Å². The van der Waals surface area contributed by atoms with Gasteiger partial charge in [-0.15, -0.1) is 0 Å². The van der Waals surface area contributed by atoms with E-state index in [1.165, 1.54) is 6.20 Å². The van der Waals surface area contributed by atoms with E-state index < -0.39 is 6.04 Å². The van der Waals surface area contributed by atoms with Crippen LogP contribution in [-0.4, -0.2) is 28.0 Å². The molecule has 1 aliphatic rings. The lowest BCUT2D eigenvalue weighted by Crippen LogP contribution is -2.46. The van der Waals surface area contributed by atoms with E-state index in [0.29, 0.717) is 5.56 Å². The van der Waals surface area contributed by atoms with Crippen LogP contribution in [-0.2, 0) is 0 Å². The Labute approximate surface area is 98.5 Å². The van der Waals surface area contributed by atoms with Gasteiger partial charge in [0.05, 0.1) is 11.6 Å². The van der Waals surface area contributed by atoms with Crippen LogP contribution in [0.4, 0.5) is 0 Å². The van der Waals surface area contributed by atoms with Gasteiger partial charge in [-0.3, -0.25) is 9.78 Å². The largest absolute Gasteiger partial charge is 0.409 e. The van der Waals surface area contributed by atoms with Gasteiger partial charge in [0.15, 0.2) is 5.84 Å². The second-order valence-corrected chi connectivity index (χ2v) is 4.06. The Kier molecular flexibility index (Phi) is 3.22. The molecule has 1 heterocycles. The van der Waals surface area contributed by atoms with Crippen molar-refractivity contribution < 1.29 is 10.0 Å². The zero-order valence-electron chi connectivity index (χ0n) is 9.21. The topological polar surface area (TPSA) is 101 Å². The van der Waals surface area contributed by atoms with Gasteiger partial charge in [0.25, 0.3) is 5.91 Å². The number of aromatic nitrogens is 1. The second-order valence-electron chi connectivity index (χ2n) is 4.06. The van der Waals surface area contributed by atoms with Gasteiger partial charge in [-0.2, -0.15) is 0 Å². The summed E-state index contributed by atoms with van der Waals surface area (Å²) in [4.78, 5) is 15.7. The molecule has 1 aromatic rings. The highest BCUT2D eigenvalue weighted by Crippen LogP contribution is 2.32. The van der Waals surface area contributed by atoms with Crippen LogP contribution in [0.5, 0.6) is 0 Å². The highest BCUT2D eigenvalue weighted by molar-refractivity contribution is 5.98. The van der Waals surface area contributed by atoms with Crippen molar-refractivity contribution >= 4 is 11.7 Å². The number of amides is 1. The van der Waals surface area contributed by atoms with Crippen LogP contribution in [0.2, 0.25) is 0 Å². The zero-order valence-corrected chi connectivity index (χ0v) is 9.21. The van der Waals surface area contributed by atoms with Crippen molar-refractivity contribution in [2.45, 2.75) is 18.9 Å². The third-order valence-electron chi connectivity index (χ3n) is 2.74. The van der Waals surface area contributed by atoms with Crippen molar-refractivity contribution in [3.05, 3.63) is 30.1 Å². The van der Waals surface area contributed by atoms with Gasteiger partial charge in [-0.25, -0.2) is 0 Å². The molecule has 1 unspecified atom stereocenters. The quantitative estimate of drug-likeness (QED) is 0.302. The van der Waals surface area contributed by atoms with E-state index in [2.05, 4.69) is 15.5 Å². The number of nitrogens with one attached hydrogen (secondary N) is 1. The molecule has 90 valence electrons. The summed E-state index contributed by atoms with van der Waals surface area (Å²) >= 11 is 0. The molecule has 0 spiro atoms. The normalized spacial score (nSPS) is 17.5. The summed E-state index contributed by atoms with van der Waals surface area (Å²) in [6.07, 6.45) is 5.03. The van der Waals surface area contributed by atoms with Crippen LogP contribution < -0.4 is 11.1 Å². The Morgan fingerprint density at radius 1 is 1.65 bits per heavy atom. The number of pyridine rings is 1. The standard InChI is InChI=1S/C11H14N4O2/c12-10(15-17)9(7-3-4-7)14-11(16)8-2-1-5-13-6-8/h1-2,5-7,9,17H,3-4H2,(H2,12,15)(H,14,16). The van der Waals surface area contributed by atoms with Crippen LogP contribution in [0.1, 0.15) is 23.2 Å². The molecule has 1 aliphatic carbocycles. The number of rotatable bonds is 4. The average Bonchev–Trinajstić information content (AvgIpc) is 3.20. The molecule has 1 fully saturated rings. The lowest BCUT2D eigenvalue weighted by atomic mass is 10.1. The maximum Gasteiger partial charge on any atom is 0.253 e. The number of amidine groups is 1. The molecule has 1 atom stereocenters. The Hall–Kier alpha value is -2.11. The van der Waals surface area contributed by atoms with Gasteiger partial charge in [0.2, 0.25) is 0 Å². The van der Waals surface area contributed by atoms with Crippen molar-refractivity contribution in [3.63, 3.8) is 0 Å². The summed E-state index contributed by atoms with van der Waals surface area (Å²) in [5.41, 5.74) is 6.02. The number of nitrogens with two attached hydrogens (primary N) is 1. The first-order chi connectivity index (χ1) is 8.22. The molecule has 0 aliphatic heterocycles. The molecule has 0 bridgehead atoms. The van der Waals surface area contributed by atoms with Crippen molar-refractivity contribution in [2.75, 3.05) is 0 Å². The summed E-state index contributed by atoms with van der Waals surface area (Å²) in [7, 11) is 0. The first-order valence-electron chi connectivity index (χ1n) is 5.40. The van der Waals surface area contributed by atoms with E-state index in [0.717, 1.165) is 12.8 Å². The lowest BCUT2D eigenvalue weighted by Gasteiger charge is -2.16. The Balaban J connectivity index is 2.06. The predicted octanol–water partition coefficient (Wildman–Crippen LogP) is 0.336. The molecule has 0 saturated heterocycles. The minimum absolute atomic E-state index is 0.0461. The first-order valence-corrected chi connectivity index (χ1v) is 5.40. The summed E-state index contributed by atoms with van der Waals surface area (Å²) < 4.78 is 0. The SMILES string of the molecule is NC(=NO)C(NC(=O)c1cccnc1)C1CC1. The van der Waals surface area contributed by atoms with Gasteiger partial charge < -0.3 is 16.3 Å². The molecule has 0 radical (unpaired) electrons. The van der Waals surface area contributed by atoms with Gasteiger partial charge in [0, 0.05) is 12.4 Å². The average molecular weight is 234 g/mol. The van der Waals surface area contributed by atoms with E-state index in [9.17, 15) is 4.79 Å². The molecule has 4 N–H and O–H groups in total. The fourth-order valence-corrected chi connectivity index (χ4v) is 1.65. The summed E-state index contributed by atoms with van der Waals surface area (Å²) in [5, 5.41) is 14.4. The van der Waals surface area contributed by atoms with Gasteiger partial charge >= 0.3 is 0 Å². The molecule has 1 aromatic heterocycles. The van der Waals surface area contributed by atoms with Crippen LogP contribution >= 0.6 is 0 Å². The Bertz CT molecular complexity index is 428. The number of hydrogen-bond donors (Lipinski definition) is 3. The molecule has 0 aromatic carbocycles. The van der Waals surface area contributed by atoms with E-state index >= 15 is 0 Å². The van der Waals surface area contributed by atoms with E-state index in [4.69, 9.17) is 10.9 Å². The van der Waals surface area contributed by atoms with Crippen LogP contribution in [0.3, 0.4) is 0 Å². The number of carbonyl (C=O) groups excluding carboxylic acids is 1. The van der Waals surface area contributed by atoms with Gasteiger partial charge in [0.1, 0.15) is 0 Å². The number of hydrogen-bond acceptors (Lipinski definition) is 4. The highest BCUT2D eigenvalue weighted by atomic mass is 16.4. The highest BCUT2D eigenvalue weighted by Gasteiger charge is 2.35. The number of nitrogens with zero attached hydrogens (tertiary/aromatic N) is 2. The monoisotopic (exact) mass is 234 g/mol. The van der Waals surface area contributed by atoms with Crippen molar-refractivity contribution in [2.24, 2.45) is 16.8 Å². The summed E-state index contributed by atoms with van der Waals surface area (Å²) in [6.45, 7) is 0. The van der Waals surface area contributed by atoms with Crippen molar-refractivity contribution in [1.29, 1.82) is 0 Å². The smallest absolute Gasteiger partial charge is 0.253 e. The first kappa shape index (κ1) is 11.4. The molecular formula is C11H14N4O2. The second kappa shape index (κ2) is 4.82. The summed E-state index contributed by atoms with van der Waals surface area (Å²) in [6, 6.07) is 2.95. The van der Waals surface area contributed by atoms with E-state index in [1.54, 1.807) is 18.3 Å². The molecule has 1 amide bonds. The minimum atomic E-state index is -0.396. The number of oxime groups is 1. The van der Waals surface area contributed by atoms with Crippen LogP contribution in [0, 0.1) is 5.92 Å². The Morgan fingerprint density at radius 2 is 2.41 bits per heavy atom. The Morgan fingerprint density at radius 3 is 2.94 bits per heavy atom. The van der Waals surface area contributed by atoms with Gasteiger partial charge in [-0.05, 0) is 30.9 Å².